The number of nitrogens with one attached hydrogen (secondary N) is 1. The van der Waals surface area contributed by atoms with Crippen molar-refractivity contribution in [1.29, 1.82) is 0 Å². The quantitative estimate of drug-likeness (QED) is 0.759. The summed E-state index contributed by atoms with van der Waals surface area (Å²) in [5.41, 5.74) is 2.96. The molecule has 4 nitrogen and oxygen atoms in total. The third-order valence-corrected chi connectivity index (χ3v) is 4.23. The van der Waals surface area contributed by atoms with Crippen molar-refractivity contribution in [3.05, 3.63) is 64.2 Å². The number of aliphatic hydroxyl groups excluding tert-OH is 1. The average Bonchev–Trinajstić information content (AvgIpc) is 2.60. The third-order valence-electron chi connectivity index (χ3n) is 3.98. The Morgan fingerprint density at radius 2 is 1.75 bits per heavy atom. The molecule has 2 atom stereocenters. The van der Waals surface area contributed by atoms with Gasteiger partial charge in [0.15, 0.2) is 0 Å². The molecule has 0 spiro atoms. The topological polar surface area (TPSA) is 50.7 Å². The van der Waals surface area contributed by atoms with Gasteiger partial charge in [-0.1, -0.05) is 29.8 Å². The molecule has 2 unspecified atom stereocenters. The number of hydrogen-bond acceptors (Lipinski definition) is 4. The molecule has 2 rings (SSSR count). The Bertz CT molecular complexity index is 646. The number of methoxy groups -OCH3 is 2. The van der Waals surface area contributed by atoms with E-state index in [1.807, 2.05) is 24.3 Å². The largest absolute Gasteiger partial charge is 0.496 e. The highest BCUT2D eigenvalue weighted by molar-refractivity contribution is 6.30. The lowest BCUT2D eigenvalue weighted by Gasteiger charge is -2.19. The van der Waals surface area contributed by atoms with Crippen LogP contribution in [0.2, 0.25) is 5.02 Å². The van der Waals surface area contributed by atoms with E-state index in [0.717, 1.165) is 22.4 Å². The van der Waals surface area contributed by atoms with E-state index in [4.69, 9.17) is 21.1 Å². The Labute approximate surface area is 148 Å². The predicted molar refractivity (Wildman–Crippen MR) is 96.5 cm³/mol. The van der Waals surface area contributed by atoms with Crippen LogP contribution in [0.5, 0.6) is 5.75 Å². The Morgan fingerprint density at radius 1 is 1.08 bits per heavy atom. The van der Waals surface area contributed by atoms with E-state index in [-0.39, 0.29) is 6.04 Å². The first-order valence-electron chi connectivity index (χ1n) is 7.87. The number of ether oxygens (including phenoxy) is 2. The Kier molecular flexibility index (Phi) is 7.06. The number of rotatable bonds is 8. The molecular weight excluding hydrogens is 326 g/mol. The summed E-state index contributed by atoms with van der Waals surface area (Å²) < 4.78 is 10.6. The van der Waals surface area contributed by atoms with Crippen LogP contribution in [0.25, 0.3) is 0 Å². The van der Waals surface area contributed by atoms with Gasteiger partial charge in [0.05, 0.1) is 19.8 Å². The van der Waals surface area contributed by atoms with Crippen molar-refractivity contribution < 1.29 is 14.6 Å². The second-order valence-corrected chi connectivity index (χ2v) is 6.14. The standard InChI is InChI=1S/C19H24ClNO3/c1-13(15-6-9-19(24-3)16(10-15)12-23-2)21-11-18(22)14-4-7-17(20)8-5-14/h4-10,13,18,21-22H,11-12H2,1-3H3. The Hall–Kier alpha value is -1.59. The van der Waals surface area contributed by atoms with E-state index in [1.54, 1.807) is 26.4 Å². The van der Waals surface area contributed by atoms with E-state index >= 15 is 0 Å². The van der Waals surface area contributed by atoms with Crippen LogP contribution in [-0.2, 0) is 11.3 Å². The fraction of sp³-hybridized carbons (Fsp3) is 0.368. The number of hydrogen-bond donors (Lipinski definition) is 2. The van der Waals surface area contributed by atoms with E-state index in [9.17, 15) is 5.11 Å². The minimum atomic E-state index is -0.582. The monoisotopic (exact) mass is 349 g/mol. The van der Waals surface area contributed by atoms with Crippen molar-refractivity contribution in [2.24, 2.45) is 0 Å². The van der Waals surface area contributed by atoms with Gasteiger partial charge >= 0.3 is 0 Å². The fourth-order valence-corrected chi connectivity index (χ4v) is 2.67. The number of benzene rings is 2. The maximum Gasteiger partial charge on any atom is 0.124 e. The van der Waals surface area contributed by atoms with Crippen LogP contribution in [0.1, 0.15) is 35.8 Å². The van der Waals surface area contributed by atoms with Crippen molar-refractivity contribution in [1.82, 2.24) is 5.32 Å². The number of halogens is 1. The van der Waals surface area contributed by atoms with Gasteiger partial charge in [0.2, 0.25) is 0 Å². The summed E-state index contributed by atoms with van der Waals surface area (Å²) in [5.74, 6) is 0.814. The summed E-state index contributed by atoms with van der Waals surface area (Å²) in [6.45, 7) is 3.01. The summed E-state index contributed by atoms with van der Waals surface area (Å²) >= 11 is 5.87. The summed E-state index contributed by atoms with van der Waals surface area (Å²) in [4.78, 5) is 0. The van der Waals surface area contributed by atoms with Gasteiger partial charge < -0.3 is 19.9 Å². The summed E-state index contributed by atoms with van der Waals surface area (Å²) in [5, 5.41) is 14.3. The molecule has 5 heteroatoms. The zero-order chi connectivity index (χ0) is 17.5. The van der Waals surface area contributed by atoms with E-state index < -0.39 is 6.10 Å². The van der Waals surface area contributed by atoms with Crippen LogP contribution < -0.4 is 10.1 Å². The fourth-order valence-electron chi connectivity index (χ4n) is 2.55. The first-order chi connectivity index (χ1) is 11.5. The lowest BCUT2D eigenvalue weighted by Crippen LogP contribution is -2.24. The molecule has 0 aliphatic carbocycles. The van der Waals surface area contributed by atoms with Crippen molar-refractivity contribution in [2.75, 3.05) is 20.8 Å². The zero-order valence-corrected chi connectivity index (χ0v) is 15.0. The van der Waals surface area contributed by atoms with E-state index in [1.165, 1.54) is 0 Å². The van der Waals surface area contributed by atoms with Crippen LogP contribution in [0.3, 0.4) is 0 Å². The molecule has 24 heavy (non-hydrogen) atoms. The normalized spacial score (nSPS) is 13.5. The minimum absolute atomic E-state index is 0.0912. The summed E-state index contributed by atoms with van der Waals surface area (Å²) in [7, 11) is 3.31. The zero-order valence-electron chi connectivity index (χ0n) is 14.3. The van der Waals surface area contributed by atoms with Crippen LogP contribution >= 0.6 is 11.6 Å². The van der Waals surface area contributed by atoms with Gasteiger partial charge in [0, 0.05) is 30.3 Å². The first-order valence-corrected chi connectivity index (χ1v) is 8.25. The van der Waals surface area contributed by atoms with Crippen molar-refractivity contribution >= 4 is 11.6 Å². The van der Waals surface area contributed by atoms with Gasteiger partial charge in [0.25, 0.3) is 0 Å². The molecule has 130 valence electrons. The maximum absolute atomic E-state index is 10.3. The molecular formula is C19H24ClNO3. The third kappa shape index (κ3) is 4.95. The average molecular weight is 350 g/mol. The smallest absolute Gasteiger partial charge is 0.124 e. The van der Waals surface area contributed by atoms with Gasteiger partial charge in [-0.05, 0) is 42.3 Å². The Morgan fingerprint density at radius 3 is 2.38 bits per heavy atom. The summed E-state index contributed by atoms with van der Waals surface area (Å²) in [6, 6.07) is 13.4. The van der Waals surface area contributed by atoms with Gasteiger partial charge in [0.1, 0.15) is 5.75 Å². The van der Waals surface area contributed by atoms with Gasteiger partial charge in [-0.25, -0.2) is 0 Å². The molecule has 0 aliphatic rings. The van der Waals surface area contributed by atoms with Crippen molar-refractivity contribution in [3.8, 4) is 5.75 Å². The van der Waals surface area contributed by atoms with Crippen LogP contribution in [-0.4, -0.2) is 25.9 Å². The molecule has 0 heterocycles. The number of aliphatic hydroxyl groups is 1. The van der Waals surface area contributed by atoms with Gasteiger partial charge in [-0.3, -0.25) is 0 Å². The first kappa shape index (κ1) is 18.7. The van der Waals surface area contributed by atoms with Crippen LogP contribution in [0.4, 0.5) is 0 Å². The molecule has 2 N–H and O–H groups in total. The lowest BCUT2D eigenvalue weighted by atomic mass is 10.0. The SMILES string of the molecule is COCc1cc(C(C)NCC(O)c2ccc(Cl)cc2)ccc1OC. The molecule has 2 aromatic rings. The van der Waals surface area contributed by atoms with Crippen molar-refractivity contribution in [2.45, 2.75) is 25.7 Å². The highest BCUT2D eigenvalue weighted by atomic mass is 35.5. The van der Waals surface area contributed by atoms with E-state index in [2.05, 4.69) is 18.3 Å². The Balaban J connectivity index is 2.00. The van der Waals surface area contributed by atoms with Crippen LogP contribution in [0.15, 0.2) is 42.5 Å². The minimum Gasteiger partial charge on any atom is -0.496 e. The lowest BCUT2D eigenvalue weighted by molar-refractivity contribution is 0.170. The second-order valence-electron chi connectivity index (χ2n) is 5.70. The second kappa shape index (κ2) is 9.04. The molecule has 2 aromatic carbocycles. The van der Waals surface area contributed by atoms with Gasteiger partial charge in [-0.2, -0.15) is 0 Å². The van der Waals surface area contributed by atoms with Gasteiger partial charge in [-0.15, -0.1) is 0 Å². The predicted octanol–water partition coefficient (Wildman–Crippen LogP) is 3.88. The molecule has 0 bridgehead atoms. The maximum atomic E-state index is 10.3. The highest BCUT2D eigenvalue weighted by Crippen LogP contribution is 2.24. The molecule has 0 amide bonds. The molecule has 0 saturated carbocycles. The van der Waals surface area contributed by atoms with Crippen molar-refractivity contribution in [3.63, 3.8) is 0 Å². The molecule has 0 aliphatic heterocycles. The van der Waals surface area contributed by atoms with Crippen LogP contribution in [0, 0.1) is 0 Å². The molecule has 0 saturated heterocycles. The molecule has 0 radical (unpaired) electrons. The highest BCUT2D eigenvalue weighted by Gasteiger charge is 2.12. The summed E-state index contributed by atoms with van der Waals surface area (Å²) in [6.07, 6.45) is -0.582. The molecule has 0 aromatic heterocycles. The van der Waals surface area contributed by atoms with E-state index in [0.29, 0.717) is 18.2 Å². The molecule has 0 fully saturated rings.